The Morgan fingerprint density at radius 3 is 2.39 bits per heavy atom. The third-order valence-corrected chi connectivity index (χ3v) is 4.42. The molecular weight excluding hydrogens is 324 g/mol. The summed E-state index contributed by atoms with van der Waals surface area (Å²) in [4.78, 5) is 9.82. The highest BCUT2D eigenvalue weighted by molar-refractivity contribution is 7.92. The summed E-state index contributed by atoms with van der Waals surface area (Å²) in [6.45, 7) is 0. The topological polar surface area (TPSA) is 108 Å². The largest absolute Gasteiger partial charge is 0.497 e. The summed E-state index contributed by atoms with van der Waals surface area (Å²) in [7, 11) is -1.32. The quantitative estimate of drug-likeness (QED) is 0.640. The smallest absolute Gasteiger partial charge is 0.289 e. The summed E-state index contributed by atoms with van der Waals surface area (Å²) in [5.41, 5.74) is -0.362. The Bertz CT molecular complexity index is 835. The predicted octanol–water partition coefficient (Wildman–Crippen LogP) is 2.41. The molecular formula is C14H14N2O6S. The third kappa shape index (κ3) is 3.51. The Morgan fingerprint density at radius 2 is 1.78 bits per heavy atom. The van der Waals surface area contributed by atoms with Crippen LogP contribution in [0.4, 0.5) is 11.4 Å². The van der Waals surface area contributed by atoms with E-state index < -0.39 is 25.5 Å². The molecule has 0 amide bonds. The lowest BCUT2D eigenvalue weighted by molar-refractivity contribution is -0.387. The van der Waals surface area contributed by atoms with Crippen LogP contribution >= 0.6 is 0 Å². The van der Waals surface area contributed by atoms with Gasteiger partial charge >= 0.3 is 0 Å². The Kier molecular flexibility index (Phi) is 4.70. The first kappa shape index (κ1) is 16.6. The molecule has 122 valence electrons. The maximum atomic E-state index is 12.4. The minimum atomic E-state index is -4.15. The van der Waals surface area contributed by atoms with E-state index in [-0.39, 0.29) is 11.4 Å². The van der Waals surface area contributed by atoms with Crippen LogP contribution in [-0.2, 0) is 10.0 Å². The van der Waals surface area contributed by atoms with Crippen molar-refractivity contribution in [1.29, 1.82) is 0 Å². The second-order valence-corrected chi connectivity index (χ2v) is 6.05. The number of nitro groups is 1. The number of methoxy groups -OCH3 is 2. The van der Waals surface area contributed by atoms with Crippen molar-refractivity contribution in [3.05, 3.63) is 52.6 Å². The third-order valence-electron chi connectivity index (χ3n) is 3.00. The molecule has 0 fully saturated rings. The molecule has 1 N–H and O–H groups in total. The fourth-order valence-electron chi connectivity index (χ4n) is 1.92. The molecule has 0 atom stereocenters. The number of nitrogens with one attached hydrogen (secondary N) is 1. The zero-order chi connectivity index (χ0) is 17.0. The highest BCUT2D eigenvalue weighted by atomic mass is 32.2. The van der Waals surface area contributed by atoms with Gasteiger partial charge in [-0.2, -0.15) is 0 Å². The minimum absolute atomic E-state index is 0.145. The van der Waals surface area contributed by atoms with Gasteiger partial charge in [0.25, 0.3) is 15.7 Å². The molecule has 0 aliphatic carbocycles. The Balaban J connectivity index is 2.45. The van der Waals surface area contributed by atoms with Crippen molar-refractivity contribution in [2.24, 2.45) is 0 Å². The van der Waals surface area contributed by atoms with Gasteiger partial charge in [-0.3, -0.25) is 14.8 Å². The van der Waals surface area contributed by atoms with Gasteiger partial charge in [0.1, 0.15) is 11.5 Å². The van der Waals surface area contributed by atoms with Crippen LogP contribution in [0.2, 0.25) is 0 Å². The molecule has 0 saturated carbocycles. The Labute approximate surface area is 132 Å². The molecule has 0 aliphatic rings. The van der Waals surface area contributed by atoms with Crippen molar-refractivity contribution in [3.63, 3.8) is 0 Å². The normalized spacial score (nSPS) is 10.9. The number of nitro benzene ring substituents is 1. The summed E-state index contributed by atoms with van der Waals surface area (Å²) in [6.07, 6.45) is 0. The van der Waals surface area contributed by atoms with Crippen LogP contribution in [0.15, 0.2) is 47.4 Å². The monoisotopic (exact) mass is 338 g/mol. The highest BCUT2D eigenvalue weighted by Gasteiger charge is 2.26. The number of nitrogens with zero attached hydrogens (tertiary/aromatic N) is 1. The van der Waals surface area contributed by atoms with E-state index in [0.717, 1.165) is 12.1 Å². The van der Waals surface area contributed by atoms with E-state index >= 15 is 0 Å². The Morgan fingerprint density at radius 1 is 1.09 bits per heavy atom. The van der Waals surface area contributed by atoms with Crippen molar-refractivity contribution >= 4 is 21.4 Å². The molecule has 0 spiro atoms. The summed E-state index contributed by atoms with van der Waals surface area (Å²) < 4.78 is 37.3. The van der Waals surface area contributed by atoms with E-state index in [1.807, 2.05) is 0 Å². The zero-order valence-corrected chi connectivity index (χ0v) is 13.2. The number of para-hydroxylation sites is 1. The van der Waals surface area contributed by atoms with E-state index in [2.05, 4.69) is 4.72 Å². The van der Waals surface area contributed by atoms with E-state index in [9.17, 15) is 18.5 Å². The molecule has 0 aromatic heterocycles. The zero-order valence-electron chi connectivity index (χ0n) is 12.3. The molecule has 0 radical (unpaired) electrons. The van der Waals surface area contributed by atoms with Crippen molar-refractivity contribution in [3.8, 4) is 11.5 Å². The second-order valence-electron chi connectivity index (χ2n) is 4.40. The average Bonchev–Trinajstić information content (AvgIpc) is 2.54. The van der Waals surface area contributed by atoms with Crippen molar-refractivity contribution in [2.75, 3.05) is 18.9 Å². The van der Waals surface area contributed by atoms with Crippen molar-refractivity contribution < 1.29 is 22.8 Å². The van der Waals surface area contributed by atoms with Gasteiger partial charge in [0, 0.05) is 12.1 Å². The Hall–Kier alpha value is -2.81. The van der Waals surface area contributed by atoms with Crippen LogP contribution in [-0.4, -0.2) is 27.6 Å². The van der Waals surface area contributed by atoms with E-state index in [1.54, 1.807) is 6.07 Å². The molecule has 0 unspecified atom stereocenters. The molecule has 8 nitrogen and oxygen atoms in total. The van der Waals surface area contributed by atoms with Crippen LogP contribution in [0, 0.1) is 10.1 Å². The van der Waals surface area contributed by atoms with Gasteiger partial charge in [0.15, 0.2) is 4.90 Å². The summed E-state index contributed by atoms with van der Waals surface area (Å²) in [5, 5.41) is 11.0. The van der Waals surface area contributed by atoms with Gasteiger partial charge in [-0.05, 0) is 18.2 Å². The molecule has 0 heterocycles. The summed E-state index contributed by atoms with van der Waals surface area (Å²) >= 11 is 0. The standard InChI is InChI=1S/C14H14N2O6S/c1-21-10-7-8-11(13(9-10)22-2)15-23(19,20)14-6-4-3-5-12(14)16(17)18/h3-9,15H,1-2H3. The molecule has 23 heavy (non-hydrogen) atoms. The van der Waals surface area contributed by atoms with Crippen LogP contribution in [0.5, 0.6) is 11.5 Å². The van der Waals surface area contributed by atoms with Gasteiger partial charge in [-0.25, -0.2) is 8.42 Å². The van der Waals surface area contributed by atoms with Crippen molar-refractivity contribution in [1.82, 2.24) is 0 Å². The van der Waals surface area contributed by atoms with E-state index in [4.69, 9.17) is 9.47 Å². The van der Waals surface area contributed by atoms with Crippen molar-refractivity contribution in [2.45, 2.75) is 4.90 Å². The number of sulfonamides is 1. The lowest BCUT2D eigenvalue weighted by Gasteiger charge is -2.13. The van der Waals surface area contributed by atoms with Gasteiger partial charge in [-0.1, -0.05) is 12.1 Å². The van der Waals surface area contributed by atoms with Crippen LogP contribution < -0.4 is 14.2 Å². The molecule has 0 aliphatic heterocycles. The highest BCUT2D eigenvalue weighted by Crippen LogP contribution is 2.32. The van der Waals surface area contributed by atoms with Gasteiger partial charge in [0.2, 0.25) is 0 Å². The number of benzene rings is 2. The number of hydrogen-bond donors (Lipinski definition) is 1. The molecule has 2 aromatic rings. The number of rotatable bonds is 6. The summed E-state index contributed by atoms with van der Waals surface area (Å²) in [5.74, 6) is 0.710. The molecule has 2 aromatic carbocycles. The first-order valence-corrected chi connectivity index (χ1v) is 7.85. The predicted molar refractivity (Wildman–Crippen MR) is 83.5 cm³/mol. The van der Waals surface area contributed by atoms with Gasteiger partial charge in [0.05, 0.1) is 24.8 Å². The van der Waals surface area contributed by atoms with Gasteiger partial charge in [-0.15, -0.1) is 0 Å². The maximum Gasteiger partial charge on any atom is 0.289 e. The second kappa shape index (κ2) is 6.53. The SMILES string of the molecule is COc1ccc(NS(=O)(=O)c2ccccc2[N+](=O)[O-])c(OC)c1. The molecule has 9 heteroatoms. The first-order chi connectivity index (χ1) is 10.9. The summed E-state index contributed by atoms with van der Waals surface area (Å²) in [6, 6.07) is 9.58. The van der Waals surface area contributed by atoms with Crippen LogP contribution in [0.3, 0.4) is 0 Å². The molecule has 0 saturated heterocycles. The fraction of sp³-hybridized carbons (Fsp3) is 0.143. The maximum absolute atomic E-state index is 12.4. The molecule has 0 bridgehead atoms. The lowest BCUT2D eigenvalue weighted by atomic mass is 10.3. The van der Waals surface area contributed by atoms with E-state index in [0.29, 0.717) is 5.75 Å². The number of hydrogen-bond acceptors (Lipinski definition) is 6. The lowest BCUT2D eigenvalue weighted by Crippen LogP contribution is -2.15. The van der Waals surface area contributed by atoms with E-state index in [1.165, 1.54) is 38.5 Å². The first-order valence-electron chi connectivity index (χ1n) is 6.37. The fourth-order valence-corrected chi connectivity index (χ4v) is 3.16. The minimum Gasteiger partial charge on any atom is -0.497 e. The van der Waals surface area contributed by atoms with Crippen LogP contribution in [0.25, 0.3) is 0 Å². The number of ether oxygens (including phenoxy) is 2. The average molecular weight is 338 g/mol. The van der Waals surface area contributed by atoms with Crippen LogP contribution in [0.1, 0.15) is 0 Å². The van der Waals surface area contributed by atoms with Gasteiger partial charge < -0.3 is 9.47 Å². The molecule has 2 rings (SSSR count). The number of anilines is 1.